The number of ether oxygens (including phenoxy) is 1. The van der Waals surface area contributed by atoms with Crippen molar-refractivity contribution in [2.24, 2.45) is 0 Å². The number of hydrogen-bond donors (Lipinski definition) is 3. The first-order valence-electron chi connectivity index (χ1n) is 8.69. The molecule has 0 aliphatic heterocycles. The van der Waals surface area contributed by atoms with Gasteiger partial charge in [-0.2, -0.15) is 0 Å². The van der Waals surface area contributed by atoms with E-state index >= 15 is 0 Å². The van der Waals surface area contributed by atoms with Gasteiger partial charge in [0.15, 0.2) is 0 Å². The lowest BCUT2D eigenvalue weighted by atomic mass is 10.2. The molecule has 3 rings (SSSR count). The van der Waals surface area contributed by atoms with Gasteiger partial charge in [-0.1, -0.05) is 23.7 Å². The minimum atomic E-state index is -4.14. The van der Waals surface area contributed by atoms with Crippen molar-refractivity contribution in [1.82, 2.24) is 15.8 Å². The summed E-state index contributed by atoms with van der Waals surface area (Å²) in [7, 11) is -2.73. The molecule has 31 heavy (non-hydrogen) atoms. The fraction of sp³-hybridized carbons (Fsp3) is 0.105. The van der Waals surface area contributed by atoms with E-state index in [1.165, 1.54) is 36.6 Å². The second-order valence-electron chi connectivity index (χ2n) is 6.11. The molecular formula is C19H17ClN4O5S2. The average molecular weight is 481 g/mol. The van der Waals surface area contributed by atoms with Crippen LogP contribution in [0.5, 0.6) is 5.75 Å². The van der Waals surface area contributed by atoms with Gasteiger partial charge in [0.05, 0.1) is 22.8 Å². The highest BCUT2D eigenvalue weighted by atomic mass is 35.5. The number of amides is 2. The molecule has 0 spiro atoms. The largest absolute Gasteiger partial charge is 0.495 e. The van der Waals surface area contributed by atoms with Gasteiger partial charge in [0.1, 0.15) is 16.3 Å². The van der Waals surface area contributed by atoms with Gasteiger partial charge >= 0.3 is 0 Å². The van der Waals surface area contributed by atoms with Crippen LogP contribution in [-0.2, 0) is 10.0 Å². The summed E-state index contributed by atoms with van der Waals surface area (Å²) < 4.78 is 33.3. The Morgan fingerprint density at radius 3 is 2.48 bits per heavy atom. The number of sulfonamides is 1. The number of halogens is 1. The van der Waals surface area contributed by atoms with E-state index in [0.29, 0.717) is 10.8 Å². The Balaban J connectivity index is 1.78. The number of methoxy groups -OCH3 is 1. The topological polar surface area (TPSA) is 126 Å². The summed E-state index contributed by atoms with van der Waals surface area (Å²) in [5.41, 5.74) is 4.79. The van der Waals surface area contributed by atoms with Gasteiger partial charge in [-0.3, -0.25) is 25.2 Å². The SMILES string of the molecule is COc1ccccc1NS(=O)(=O)c1cc(C(=O)NNC(=O)c2csc(C)n2)ccc1Cl. The zero-order valence-electron chi connectivity index (χ0n) is 16.3. The first-order valence-corrected chi connectivity index (χ1v) is 11.4. The minimum Gasteiger partial charge on any atom is -0.495 e. The number of benzene rings is 2. The van der Waals surface area contributed by atoms with E-state index in [0.717, 1.165) is 6.07 Å². The monoisotopic (exact) mass is 480 g/mol. The third kappa shape index (κ3) is 5.32. The Kier molecular flexibility index (Phi) is 6.78. The summed E-state index contributed by atoms with van der Waals surface area (Å²) >= 11 is 7.37. The Morgan fingerprint density at radius 1 is 1.10 bits per heavy atom. The van der Waals surface area contributed by atoms with Gasteiger partial charge in [0.2, 0.25) is 0 Å². The third-order valence-corrected chi connectivity index (χ3v) is 6.60. The number of carbonyl (C=O) groups excluding carboxylic acids is 2. The van der Waals surface area contributed by atoms with E-state index in [9.17, 15) is 18.0 Å². The van der Waals surface area contributed by atoms with Gasteiger partial charge in [-0.05, 0) is 37.3 Å². The number of hydrogen-bond acceptors (Lipinski definition) is 7. The molecular weight excluding hydrogens is 464 g/mol. The number of carbonyl (C=O) groups is 2. The van der Waals surface area contributed by atoms with Gasteiger partial charge in [0, 0.05) is 10.9 Å². The molecule has 0 unspecified atom stereocenters. The molecule has 2 amide bonds. The van der Waals surface area contributed by atoms with Crippen LogP contribution in [0.15, 0.2) is 52.7 Å². The van der Waals surface area contributed by atoms with E-state index < -0.39 is 21.8 Å². The van der Waals surface area contributed by atoms with E-state index in [1.807, 2.05) is 0 Å². The highest BCUT2D eigenvalue weighted by Crippen LogP contribution is 2.29. The zero-order valence-corrected chi connectivity index (χ0v) is 18.7. The van der Waals surface area contributed by atoms with Crippen LogP contribution in [0, 0.1) is 6.92 Å². The van der Waals surface area contributed by atoms with Crippen LogP contribution in [0.1, 0.15) is 25.9 Å². The molecule has 3 aromatic rings. The number of aromatic nitrogens is 1. The number of nitrogens with zero attached hydrogens (tertiary/aromatic N) is 1. The molecule has 1 heterocycles. The van der Waals surface area contributed by atoms with Crippen molar-refractivity contribution >= 4 is 50.5 Å². The number of para-hydroxylation sites is 2. The fourth-order valence-electron chi connectivity index (χ4n) is 2.50. The van der Waals surface area contributed by atoms with Crippen molar-refractivity contribution in [2.75, 3.05) is 11.8 Å². The fourth-order valence-corrected chi connectivity index (χ4v) is 4.69. The Morgan fingerprint density at radius 2 is 1.81 bits per heavy atom. The van der Waals surface area contributed by atoms with Crippen LogP contribution in [-0.4, -0.2) is 32.3 Å². The molecule has 0 atom stereocenters. The molecule has 0 aliphatic carbocycles. The number of thiazole rings is 1. The molecule has 1 aromatic heterocycles. The maximum Gasteiger partial charge on any atom is 0.289 e. The molecule has 0 saturated carbocycles. The second-order valence-corrected chi connectivity index (χ2v) is 9.23. The Bertz CT molecular complexity index is 1240. The summed E-state index contributed by atoms with van der Waals surface area (Å²) in [4.78, 5) is 28.1. The summed E-state index contributed by atoms with van der Waals surface area (Å²) in [5, 5.41) is 2.17. The first kappa shape index (κ1) is 22.5. The van der Waals surface area contributed by atoms with Gasteiger partial charge < -0.3 is 4.74 Å². The van der Waals surface area contributed by atoms with Crippen LogP contribution in [0.25, 0.3) is 0 Å². The van der Waals surface area contributed by atoms with Gasteiger partial charge in [-0.15, -0.1) is 11.3 Å². The van der Waals surface area contributed by atoms with Crippen molar-refractivity contribution < 1.29 is 22.7 Å². The third-order valence-electron chi connectivity index (χ3n) is 3.98. The van der Waals surface area contributed by atoms with Gasteiger partial charge in [0.25, 0.3) is 21.8 Å². The lowest BCUT2D eigenvalue weighted by molar-refractivity contribution is 0.0844. The smallest absolute Gasteiger partial charge is 0.289 e. The van der Waals surface area contributed by atoms with Crippen molar-refractivity contribution in [3.05, 3.63) is 69.1 Å². The van der Waals surface area contributed by atoms with Crippen LogP contribution in [0.3, 0.4) is 0 Å². The lowest BCUT2D eigenvalue weighted by Crippen LogP contribution is -2.41. The molecule has 0 saturated heterocycles. The number of rotatable bonds is 6. The number of aryl methyl sites for hydroxylation is 1. The molecule has 3 N–H and O–H groups in total. The van der Waals surface area contributed by atoms with E-state index in [-0.39, 0.29) is 26.9 Å². The first-order chi connectivity index (χ1) is 14.7. The van der Waals surface area contributed by atoms with Crippen molar-refractivity contribution in [3.63, 3.8) is 0 Å². The lowest BCUT2D eigenvalue weighted by Gasteiger charge is -2.13. The van der Waals surface area contributed by atoms with Crippen molar-refractivity contribution in [3.8, 4) is 5.75 Å². The minimum absolute atomic E-state index is 0.0282. The number of nitrogens with one attached hydrogen (secondary N) is 3. The van der Waals surface area contributed by atoms with Crippen LogP contribution >= 0.6 is 22.9 Å². The Hall–Kier alpha value is -3.15. The molecule has 0 fully saturated rings. The molecule has 12 heteroatoms. The molecule has 0 bridgehead atoms. The summed E-state index contributed by atoms with van der Waals surface area (Å²) in [6.45, 7) is 1.74. The normalized spacial score (nSPS) is 10.9. The molecule has 0 aliphatic rings. The van der Waals surface area contributed by atoms with Crippen LogP contribution in [0.4, 0.5) is 5.69 Å². The van der Waals surface area contributed by atoms with Crippen LogP contribution in [0.2, 0.25) is 5.02 Å². The maximum atomic E-state index is 12.9. The molecule has 162 valence electrons. The molecule has 2 aromatic carbocycles. The second kappa shape index (κ2) is 9.33. The predicted molar refractivity (Wildman–Crippen MR) is 117 cm³/mol. The highest BCUT2D eigenvalue weighted by molar-refractivity contribution is 7.92. The van der Waals surface area contributed by atoms with Gasteiger partial charge in [-0.25, -0.2) is 13.4 Å². The number of anilines is 1. The predicted octanol–water partition coefficient (Wildman–Crippen LogP) is 2.99. The maximum absolute atomic E-state index is 12.9. The van der Waals surface area contributed by atoms with E-state index in [1.54, 1.807) is 30.5 Å². The van der Waals surface area contributed by atoms with Crippen LogP contribution < -0.4 is 20.3 Å². The average Bonchev–Trinajstić information content (AvgIpc) is 3.18. The van der Waals surface area contributed by atoms with E-state index in [4.69, 9.17) is 16.3 Å². The Labute approximate surface area is 187 Å². The molecule has 0 radical (unpaired) electrons. The summed E-state index contributed by atoms with van der Waals surface area (Å²) in [6, 6.07) is 10.2. The molecule has 9 nitrogen and oxygen atoms in total. The summed E-state index contributed by atoms with van der Waals surface area (Å²) in [6.07, 6.45) is 0. The van der Waals surface area contributed by atoms with Crippen molar-refractivity contribution in [2.45, 2.75) is 11.8 Å². The highest BCUT2D eigenvalue weighted by Gasteiger charge is 2.22. The van der Waals surface area contributed by atoms with E-state index in [2.05, 4.69) is 20.6 Å². The quantitative estimate of drug-likeness (QED) is 0.465. The van der Waals surface area contributed by atoms with Crippen molar-refractivity contribution in [1.29, 1.82) is 0 Å². The zero-order chi connectivity index (χ0) is 22.6. The standard InChI is InChI=1S/C19H17ClN4O5S2/c1-11-21-15(10-30-11)19(26)23-22-18(25)12-7-8-13(20)17(9-12)31(27,28)24-14-5-3-4-6-16(14)29-2/h3-10,24H,1-2H3,(H,22,25)(H,23,26). The number of hydrazine groups is 1. The summed E-state index contributed by atoms with van der Waals surface area (Å²) in [5.74, 6) is -1.01.